The molecule has 0 spiro atoms. The van der Waals surface area contributed by atoms with E-state index in [1.54, 1.807) is 11.3 Å². The molecular formula is C15H28N2OS. The van der Waals surface area contributed by atoms with Gasteiger partial charge in [-0.3, -0.25) is 0 Å². The first-order valence-corrected chi connectivity index (χ1v) is 8.34. The molecule has 0 fully saturated rings. The van der Waals surface area contributed by atoms with Crippen molar-refractivity contribution in [2.24, 2.45) is 5.73 Å². The predicted molar refractivity (Wildman–Crippen MR) is 82.6 cm³/mol. The monoisotopic (exact) mass is 284 g/mol. The first-order chi connectivity index (χ1) is 9.11. The third-order valence-corrected chi connectivity index (χ3v) is 4.71. The van der Waals surface area contributed by atoms with Gasteiger partial charge in [0.25, 0.3) is 0 Å². The van der Waals surface area contributed by atoms with Crippen molar-refractivity contribution in [3.05, 3.63) is 16.1 Å². The molecule has 3 nitrogen and oxygen atoms in total. The molecule has 0 saturated carbocycles. The second-order valence-corrected chi connectivity index (χ2v) is 5.89. The smallest absolute Gasteiger partial charge is 0.125 e. The van der Waals surface area contributed by atoms with E-state index in [1.165, 1.54) is 0 Å². The van der Waals surface area contributed by atoms with Crippen molar-refractivity contribution >= 4 is 11.3 Å². The van der Waals surface area contributed by atoms with Crippen LogP contribution in [0.5, 0.6) is 0 Å². The van der Waals surface area contributed by atoms with Crippen LogP contribution in [-0.2, 0) is 16.8 Å². The molecule has 0 amide bonds. The van der Waals surface area contributed by atoms with E-state index in [0.29, 0.717) is 0 Å². The molecule has 1 unspecified atom stereocenters. The standard InChI is InChI=1S/C15H28N2OS/c1-5-9-12(16)10-13-11-19-14(17-13)15(6-2,7-3)18-8-4/h11-12H,5-10,16H2,1-4H3. The molecule has 0 radical (unpaired) electrons. The molecule has 0 saturated heterocycles. The van der Waals surface area contributed by atoms with Crippen LogP contribution in [-0.4, -0.2) is 17.6 Å². The first-order valence-electron chi connectivity index (χ1n) is 7.46. The third kappa shape index (κ3) is 4.26. The van der Waals surface area contributed by atoms with Crippen LogP contribution in [0.4, 0.5) is 0 Å². The Bertz CT molecular complexity index is 361. The maximum absolute atomic E-state index is 6.09. The summed E-state index contributed by atoms with van der Waals surface area (Å²) < 4.78 is 6.00. The van der Waals surface area contributed by atoms with Crippen LogP contribution in [0.2, 0.25) is 0 Å². The average molecular weight is 284 g/mol. The van der Waals surface area contributed by atoms with Crippen molar-refractivity contribution < 1.29 is 4.74 Å². The fourth-order valence-corrected chi connectivity index (χ4v) is 3.58. The third-order valence-electron chi connectivity index (χ3n) is 3.64. The van der Waals surface area contributed by atoms with Gasteiger partial charge in [-0.2, -0.15) is 0 Å². The van der Waals surface area contributed by atoms with Crippen molar-refractivity contribution in [2.75, 3.05) is 6.61 Å². The zero-order valence-electron chi connectivity index (χ0n) is 12.7. The van der Waals surface area contributed by atoms with Crippen LogP contribution in [0.15, 0.2) is 5.38 Å². The molecule has 2 N–H and O–H groups in total. The van der Waals surface area contributed by atoms with Gasteiger partial charge in [0.1, 0.15) is 10.6 Å². The minimum absolute atomic E-state index is 0.202. The molecule has 1 heterocycles. The van der Waals surface area contributed by atoms with E-state index in [0.717, 1.165) is 49.4 Å². The largest absolute Gasteiger partial charge is 0.368 e. The molecule has 1 aromatic heterocycles. The fourth-order valence-electron chi connectivity index (χ4n) is 2.45. The summed E-state index contributed by atoms with van der Waals surface area (Å²) in [7, 11) is 0. The molecule has 1 atom stereocenters. The number of ether oxygens (including phenoxy) is 1. The Labute approximate surface area is 121 Å². The van der Waals surface area contributed by atoms with Gasteiger partial charge in [-0.1, -0.05) is 27.2 Å². The molecule has 0 aliphatic rings. The average Bonchev–Trinajstić information content (AvgIpc) is 2.85. The summed E-state index contributed by atoms with van der Waals surface area (Å²) >= 11 is 1.71. The van der Waals surface area contributed by atoms with E-state index >= 15 is 0 Å². The quantitative estimate of drug-likeness (QED) is 0.749. The van der Waals surface area contributed by atoms with Crippen LogP contribution in [0.25, 0.3) is 0 Å². The summed E-state index contributed by atoms with van der Waals surface area (Å²) in [6, 6.07) is 0.227. The van der Waals surface area contributed by atoms with E-state index in [1.807, 2.05) is 6.92 Å². The van der Waals surface area contributed by atoms with E-state index in [-0.39, 0.29) is 11.6 Å². The number of nitrogens with zero attached hydrogens (tertiary/aromatic N) is 1. The van der Waals surface area contributed by atoms with E-state index < -0.39 is 0 Å². The van der Waals surface area contributed by atoms with Gasteiger partial charge in [0.2, 0.25) is 0 Å². The lowest BCUT2D eigenvalue weighted by atomic mass is 9.98. The lowest BCUT2D eigenvalue weighted by Crippen LogP contribution is -2.28. The number of rotatable bonds is 9. The van der Waals surface area contributed by atoms with Crippen molar-refractivity contribution in [1.29, 1.82) is 0 Å². The Kier molecular flexibility index (Phi) is 6.97. The molecule has 0 aliphatic heterocycles. The van der Waals surface area contributed by atoms with Gasteiger partial charge in [0.15, 0.2) is 0 Å². The summed E-state index contributed by atoms with van der Waals surface area (Å²) in [5.41, 5.74) is 7.01. The Balaban J connectivity index is 2.81. The van der Waals surface area contributed by atoms with Gasteiger partial charge in [-0.15, -0.1) is 11.3 Å². The summed E-state index contributed by atoms with van der Waals surface area (Å²) in [5.74, 6) is 0. The zero-order chi connectivity index (χ0) is 14.3. The van der Waals surface area contributed by atoms with Gasteiger partial charge < -0.3 is 10.5 Å². The number of thiazole rings is 1. The van der Waals surface area contributed by atoms with Crippen LogP contribution in [0.1, 0.15) is 64.1 Å². The SMILES string of the molecule is CCCC(N)Cc1csc(C(CC)(CC)OCC)n1. The van der Waals surface area contributed by atoms with Crippen LogP contribution in [0, 0.1) is 0 Å². The highest BCUT2D eigenvalue weighted by molar-refractivity contribution is 7.09. The molecule has 1 rings (SSSR count). The van der Waals surface area contributed by atoms with E-state index in [9.17, 15) is 0 Å². The predicted octanol–water partition coefficient (Wildman–Crippen LogP) is 3.86. The lowest BCUT2D eigenvalue weighted by Gasteiger charge is -2.29. The van der Waals surface area contributed by atoms with Gasteiger partial charge in [-0.25, -0.2) is 4.98 Å². The van der Waals surface area contributed by atoms with Gasteiger partial charge in [0, 0.05) is 24.4 Å². The van der Waals surface area contributed by atoms with Gasteiger partial charge >= 0.3 is 0 Å². The highest BCUT2D eigenvalue weighted by atomic mass is 32.1. The van der Waals surface area contributed by atoms with Crippen molar-refractivity contribution in [3.8, 4) is 0 Å². The van der Waals surface area contributed by atoms with Gasteiger partial charge in [-0.05, 0) is 26.2 Å². The Morgan fingerprint density at radius 2 is 2.00 bits per heavy atom. The zero-order valence-corrected chi connectivity index (χ0v) is 13.6. The van der Waals surface area contributed by atoms with E-state index in [2.05, 4.69) is 26.2 Å². The number of aromatic nitrogens is 1. The summed E-state index contributed by atoms with van der Waals surface area (Å²) in [5, 5.41) is 3.25. The molecule has 0 bridgehead atoms. The maximum atomic E-state index is 6.09. The molecular weight excluding hydrogens is 256 g/mol. The second kappa shape index (κ2) is 7.98. The van der Waals surface area contributed by atoms with Crippen LogP contribution in [0.3, 0.4) is 0 Å². The molecule has 4 heteroatoms. The molecule has 19 heavy (non-hydrogen) atoms. The summed E-state index contributed by atoms with van der Waals surface area (Å²) in [4.78, 5) is 4.78. The lowest BCUT2D eigenvalue weighted by molar-refractivity contribution is -0.0507. The molecule has 110 valence electrons. The minimum Gasteiger partial charge on any atom is -0.368 e. The normalized spacial score (nSPS) is 13.7. The van der Waals surface area contributed by atoms with Crippen LogP contribution < -0.4 is 5.73 Å². The van der Waals surface area contributed by atoms with E-state index in [4.69, 9.17) is 15.5 Å². The Hall–Kier alpha value is -0.450. The molecule has 1 aromatic rings. The van der Waals surface area contributed by atoms with Crippen molar-refractivity contribution in [3.63, 3.8) is 0 Å². The van der Waals surface area contributed by atoms with Crippen molar-refractivity contribution in [1.82, 2.24) is 4.98 Å². The van der Waals surface area contributed by atoms with Gasteiger partial charge in [0.05, 0.1) is 5.69 Å². The molecule has 0 aliphatic carbocycles. The van der Waals surface area contributed by atoms with Crippen molar-refractivity contribution in [2.45, 2.75) is 71.4 Å². The second-order valence-electron chi connectivity index (χ2n) is 5.03. The Morgan fingerprint density at radius 1 is 1.32 bits per heavy atom. The topological polar surface area (TPSA) is 48.1 Å². The van der Waals surface area contributed by atoms with Crippen LogP contribution >= 0.6 is 11.3 Å². The maximum Gasteiger partial charge on any atom is 0.125 e. The fraction of sp³-hybridized carbons (Fsp3) is 0.800. The number of hydrogen-bond acceptors (Lipinski definition) is 4. The summed E-state index contributed by atoms with van der Waals surface area (Å²) in [6.45, 7) is 9.28. The number of hydrogen-bond donors (Lipinski definition) is 1. The molecule has 0 aromatic carbocycles. The highest BCUT2D eigenvalue weighted by Gasteiger charge is 2.32. The first kappa shape index (κ1) is 16.6. The number of nitrogens with two attached hydrogens (primary N) is 1. The Morgan fingerprint density at radius 3 is 2.53 bits per heavy atom. The summed E-state index contributed by atoms with van der Waals surface area (Å²) in [6.07, 6.45) is 4.99. The highest BCUT2D eigenvalue weighted by Crippen LogP contribution is 2.35. The minimum atomic E-state index is -0.202.